The van der Waals surface area contributed by atoms with Crippen LogP contribution in [0.5, 0.6) is 0 Å². The quantitative estimate of drug-likeness (QED) is 0.427. The van der Waals surface area contributed by atoms with Gasteiger partial charge in [0, 0.05) is 61.1 Å². The normalized spacial score (nSPS) is 15.3. The summed E-state index contributed by atoms with van der Waals surface area (Å²) in [6, 6.07) is 6.30. The lowest BCUT2D eigenvalue weighted by atomic mass is 10.1. The highest BCUT2D eigenvalue weighted by atomic mass is 32.1. The van der Waals surface area contributed by atoms with Gasteiger partial charge in [-0.05, 0) is 44.2 Å². The third kappa shape index (κ3) is 6.76. The van der Waals surface area contributed by atoms with Crippen LogP contribution in [0, 0.1) is 13.8 Å². The van der Waals surface area contributed by atoms with Crippen molar-refractivity contribution in [2.45, 2.75) is 46.6 Å². The second kappa shape index (κ2) is 11.6. The number of carbonyl (C=O) groups excluding carboxylic acids is 2. The van der Waals surface area contributed by atoms with Gasteiger partial charge in [-0.15, -0.1) is 11.3 Å². The molecule has 0 spiro atoms. The maximum Gasteiger partial charge on any atom is 0.234 e. The molecular formula is C24H36N4O2S. The Morgan fingerprint density at radius 2 is 1.81 bits per heavy atom. The number of amides is 1. The fourth-order valence-electron chi connectivity index (χ4n) is 4.16. The van der Waals surface area contributed by atoms with Crippen LogP contribution in [0.4, 0.5) is 0 Å². The zero-order valence-corrected chi connectivity index (χ0v) is 20.0. The lowest BCUT2D eigenvalue weighted by molar-refractivity contribution is -0.122. The highest BCUT2D eigenvalue weighted by molar-refractivity contribution is 7.09. The molecule has 7 heteroatoms. The van der Waals surface area contributed by atoms with Crippen molar-refractivity contribution >= 4 is 23.0 Å². The largest absolute Gasteiger partial charge is 0.355 e. The monoisotopic (exact) mass is 444 g/mol. The maximum absolute atomic E-state index is 13.0. The van der Waals surface area contributed by atoms with E-state index in [1.807, 2.05) is 6.07 Å². The molecule has 170 valence electrons. The Balaban J connectivity index is 1.46. The van der Waals surface area contributed by atoms with E-state index in [-0.39, 0.29) is 11.7 Å². The van der Waals surface area contributed by atoms with Gasteiger partial charge in [0.05, 0.1) is 13.1 Å². The first kappa shape index (κ1) is 23.7. The molecule has 2 aromatic rings. The number of unbranched alkanes of at least 4 members (excludes halogenated alkanes) is 1. The van der Waals surface area contributed by atoms with E-state index in [9.17, 15) is 9.59 Å². The van der Waals surface area contributed by atoms with Crippen molar-refractivity contribution in [2.24, 2.45) is 0 Å². The molecule has 3 rings (SSSR count). The van der Waals surface area contributed by atoms with Crippen LogP contribution in [0.3, 0.4) is 0 Å². The van der Waals surface area contributed by atoms with E-state index in [4.69, 9.17) is 0 Å². The number of hydrogen-bond acceptors (Lipinski definition) is 5. The molecule has 0 bridgehead atoms. The van der Waals surface area contributed by atoms with E-state index in [1.165, 1.54) is 4.88 Å². The zero-order valence-electron chi connectivity index (χ0n) is 19.2. The van der Waals surface area contributed by atoms with Crippen LogP contribution in [-0.4, -0.2) is 71.9 Å². The van der Waals surface area contributed by atoms with Crippen molar-refractivity contribution < 1.29 is 9.59 Å². The first-order valence-corrected chi connectivity index (χ1v) is 12.3. The summed E-state index contributed by atoms with van der Waals surface area (Å²) in [6.45, 7) is 12.1. The fourth-order valence-corrected chi connectivity index (χ4v) is 4.86. The number of hydrogen-bond donors (Lipinski definition) is 1. The topological polar surface area (TPSA) is 57.6 Å². The number of nitrogens with one attached hydrogen (secondary N) is 1. The molecule has 0 radical (unpaired) electrons. The predicted octanol–water partition coefficient (Wildman–Crippen LogP) is 3.13. The number of rotatable bonds is 11. The van der Waals surface area contributed by atoms with Crippen LogP contribution < -0.4 is 5.32 Å². The first-order valence-electron chi connectivity index (χ1n) is 11.4. The average Bonchev–Trinajstić information content (AvgIpc) is 3.36. The van der Waals surface area contributed by atoms with Crippen LogP contribution in [0.25, 0.3) is 0 Å². The lowest BCUT2D eigenvalue weighted by Gasteiger charge is -2.33. The van der Waals surface area contributed by atoms with E-state index in [0.717, 1.165) is 75.5 Å². The van der Waals surface area contributed by atoms with Gasteiger partial charge in [-0.1, -0.05) is 19.4 Å². The van der Waals surface area contributed by atoms with Crippen molar-refractivity contribution in [1.82, 2.24) is 19.7 Å². The molecule has 0 unspecified atom stereocenters. The molecule has 3 heterocycles. The van der Waals surface area contributed by atoms with E-state index in [0.29, 0.717) is 13.1 Å². The molecule has 1 aliphatic heterocycles. The Hall–Kier alpha value is -1.96. The van der Waals surface area contributed by atoms with Gasteiger partial charge >= 0.3 is 0 Å². The van der Waals surface area contributed by atoms with Crippen LogP contribution in [0.1, 0.15) is 46.4 Å². The van der Waals surface area contributed by atoms with E-state index >= 15 is 0 Å². The standard InChI is InChI=1S/C24H36N4O2S/c1-4-5-9-25-24(30)18-27-13-11-26(12-14-27)17-23(29)22-16-19(2)28(20(22)3)10-8-21-7-6-15-31-21/h6-7,15-16H,4-5,8-14,17-18H2,1-3H3,(H,25,30). The molecule has 0 atom stereocenters. The molecule has 6 nitrogen and oxygen atoms in total. The van der Waals surface area contributed by atoms with Crippen LogP contribution in [-0.2, 0) is 17.8 Å². The van der Waals surface area contributed by atoms with Crippen molar-refractivity contribution in [3.8, 4) is 0 Å². The minimum Gasteiger partial charge on any atom is -0.355 e. The number of aryl methyl sites for hydroxylation is 2. The minimum absolute atomic E-state index is 0.105. The number of Topliss-reactive ketones (excluding diaryl/α,β-unsaturated/α-hetero) is 1. The van der Waals surface area contributed by atoms with Gasteiger partial charge in [0.15, 0.2) is 5.78 Å². The molecule has 2 aromatic heterocycles. The SMILES string of the molecule is CCCCNC(=O)CN1CCN(CC(=O)c2cc(C)n(CCc3cccs3)c2C)CC1. The fraction of sp³-hybridized carbons (Fsp3) is 0.583. The van der Waals surface area contributed by atoms with Gasteiger partial charge in [0.2, 0.25) is 5.91 Å². The average molecular weight is 445 g/mol. The summed E-state index contributed by atoms with van der Waals surface area (Å²) in [7, 11) is 0. The predicted molar refractivity (Wildman–Crippen MR) is 127 cm³/mol. The van der Waals surface area contributed by atoms with E-state index < -0.39 is 0 Å². The molecule has 0 saturated carbocycles. The number of carbonyl (C=O) groups is 2. The summed E-state index contributed by atoms with van der Waals surface area (Å²) in [5, 5.41) is 5.09. The van der Waals surface area contributed by atoms with Crippen molar-refractivity contribution in [1.29, 1.82) is 0 Å². The first-order chi connectivity index (χ1) is 15.0. The zero-order chi connectivity index (χ0) is 22.2. The third-order valence-corrected chi connectivity index (χ3v) is 7.02. The molecule has 0 aliphatic carbocycles. The molecular weight excluding hydrogens is 408 g/mol. The molecule has 0 aromatic carbocycles. The Labute approximate surface area is 190 Å². The summed E-state index contributed by atoms with van der Waals surface area (Å²) in [5.41, 5.74) is 3.07. The minimum atomic E-state index is 0.105. The number of aromatic nitrogens is 1. The van der Waals surface area contributed by atoms with Gasteiger partial charge in [0.25, 0.3) is 0 Å². The second-order valence-corrected chi connectivity index (χ2v) is 9.48. The van der Waals surface area contributed by atoms with Gasteiger partial charge < -0.3 is 9.88 Å². The Morgan fingerprint density at radius 3 is 2.45 bits per heavy atom. The molecule has 1 amide bonds. The van der Waals surface area contributed by atoms with Gasteiger partial charge in [0.1, 0.15) is 0 Å². The Morgan fingerprint density at radius 1 is 1.10 bits per heavy atom. The summed E-state index contributed by atoms with van der Waals surface area (Å²) in [6.07, 6.45) is 3.11. The third-order valence-electron chi connectivity index (χ3n) is 6.09. The number of piperazine rings is 1. The highest BCUT2D eigenvalue weighted by Crippen LogP contribution is 2.19. The van der Waals surface area contributed by atoms with Gasteiger partial charge in [-0.2, -0.15) is 0 Å². The summed E-state index contributed by atoms with van der Waals surface area (Å²) < 4.78 is 2.27. The number of thiophene rings is 1. The summed E-state index contributed by atoms with van der Waals surface area (Å²) in [4.78, 5) is 30.8. The molecule has 1 saturated heterocycles. The molecule has 1 fully saturated rings. The van der Waals surface area contributed by atoms with Crippen LogP contribution in [0.15, 0.2) is 23.6 Å². The van der Waals surface area contributed by atoms with E-state index in [2.05, 4.69) is 58.0 Å². The van der Waals surface area contributed by atoms with Crippen molar-refractivity contribution in [3.63, 3.8) is 0 Å². The molecule has 1 aliphatic rings. The van der Waals surface area contributed by atoms with Crippen molar-refractivity contribution in [3.05, 3.63) is 45.4 Å². The van der Waals surface area contributed by atoms with Gasteiger partial charge in [-0.25, -0.2) is 0 Å². The van der Waals surface area contributed by atoms with Crippen LogP contribution >= 0.6 is 11.3 Å². The lowest BCUT2D eigenvalue weighted by Crippen LogP contribution is -2.50. The van der Waals surface area contributed by atoms with E-state index in [1.54, 1.807) is 11.3 Å². The number of ketones is 1. The Kier molecular flexibility index (Phi) is 8.87. The van der Waals surface area contributed by atoms with Crippen LogP contribution in [0.2, 0.25) is 0 Å². The van der Waals surface area contributed by atoms with Crippen molar-refractivity contribution in [2.75, 3.05) is 45.8 Å². The Bertz CT molecular complexity index is 851. The molecule has 31 heavy (non-hydrogen) atoms. The highest BCUT2D eigenvalue weighted by Gasteiger charge is 2.23. The summed E-state index contributed by atoms with van der Waals surface area (Å²) >= 11 is 1.78. The second-order valence-electron chi connectivity index (χ2n) is 8.44. The smallest absolute Gasteiger partial charge is 0.234 e. The summed E-state index contributed by atoms with van der Waals surface area (Å²) in [5.74, 6) is 0.300. The number of nitrogens with zero attached hydrogens (tertiary/aromatic N) is 3. The maximum atomic E-state index is 13.0. The van der Waals surface area contributed by atoms with Gasteiger partial charge in [-0.3, -0.25) is 19.4 Å². The molecule has 1 N–H and O–H groups in total.